The molecule has 0 spiro atoms. The molecule has 0 bridgehead atoms. The number of rotatable bonds is 2. The van der Waals surface area contributed by atoms with Gasteiger partial charge in [0.05, 0.1) is 21.3 Å². The second-order valence-electron chi connectivity index (χ2n) is 3.78. The maximum atomic E-state index is 11.6. The molecule has 0 aliphatic rings. The highest BCUT2D eigenvalue weighted by molar-refractivity contribution is 6.44. The van der Waals surface area contributed by atoms with Gasteiger partial charge in [-0.3, -0.25) is 4.79 Å². The SMILES string of the molecule is CC(C)(N)C(=O)Nc1cccc(Cl)c1Cl. The molecule has 0 aromatic heterocycles. The van der Waals surface area contributed by atoms with Crippen LogP contribution in [-0.2, 0) is 4.79 Å². The van der Waals surface area contributed by atoms with Crippen molar-refractivity contribution in [3.63, 3.8) is 0 Å². The predicted molar refractivity (Wildman–Crippen MR) is 63.4 cm³/mol. The second kappa shape index (κ2) is 4.39. The molecule has 0 fully saturated rings. The summed E-state index contributed by atoms with van der Waals surface area (Å²) in [6.45, 7) is 3.22. The molecule has 0 radical (unpaired) electrons. The van der Waals surface area contributed by atoms with Gasteiger partial charge in [-0.1, -0.05) is 29.3 Å². The highest BCUT2D eigenvalue weighted by Gasteiger charge is 2.22. The maximum Gasteiger partial charge on any atom is 0.243 e. The molecule has 3 N–H and O–H groups in total. The van der Waals surface area contributed by atoms with E-state index >= 15 is 0 Å². The number of hydrogen-bond donors (Lipinski definition) is 2. The Morgan fingerprint density at radius 1 is 1.40 bits per heavy atom. The number of anilines is 1. The van der Waals surface area contributed by atoms with Crippen molar-refractivity contribution in [3.05, 3.63) is 28.2 Å². The zero-order chi connectivity index (χ0) is 11.6. The molecule has 5 heteroatoms. The molecule has 0 aliphatic heterocycles. The Morgan fingerprint density at radius 3 is 2.53 bits per heavy atom. The minimum atomic E-state index is -0.953. The van der Waals surface area contributed by atoms with Crippen molar-refractivity contribution in [1.82, 2.24) is 0 Å². The van der Waals surface area contributed by atoms with Crippen LogP contribution in [0.15, 0.2) is 18.2 Å². The fourth-order valence-electron chi connectivity index (χ4n) is 0.884. The molecule has 1 amide bonds. The normalized spacial score (nSPS) is 11.3. The minimum absolute atomic E-state index is 0.313. The van der Waals surface area contributed by atoms with Gasteiger partial charge >= 0.3 is 0 Å². The first-order valence-corrected chi connectivity index (χ1v) is 5.12. The number of halogens is 2. The lowest BCUT2D eigenvalue weighted by molar-refractivity contribution is -0.120. The van der Waals surface area contributed by atoms with Crippen LogP contribution in [0.5, 0.6) is 0 Å². The first-order chi connectivity index (χ1) is 6.82. The predicted octanol–water partition coefficient (Wildman–Crippen LogP) is 2.67. The Bertz CT molecular complexity index is 385. The minimum Gasteiger partial charge on any atom is -0.323 e. The van der Waals surface area contributed by atoms with E-state index in [0.717, 1.165) is 0 Å². The average Bonchev–Trinajstić information content (AvgIpc) is 2.11. The highest BCUT2D eigenvalue weighted by atomic mass is 35.5. The third kappa shape index (κ3) is 3.09. The summed E-state index contributed by atoms with van der Waals surface area (Å²) in [7, 11) is 0. The topological polar surface area (TPSA) is 55.1 Å². The molecule has 0 unspecified atom stereocenters. The van der Waals surface area contributed by atoms with Gasteiger partial charge in [-0.2, -0.15) is 0 Å². The summed E-state index contributed by atoms with van der Waals surface area (Å²) in [6.07, 6.45) is 0. The number of amides is 1. The summed E-state index contributed by atoms with van der Waals surface area (Å²) >= 11 is 11.7. The second-order valence-corrected chi connectivity index (χ2v) is 4.56. The number of nitrogens with two attached hydrogens (primary N) is 1. The van der Waals surface area contributed by atoms with Gasteiger partial charge < -0.3 is 11.1 Å². The van der Waals surface area contributed by atoms with Gasteiger partial charge in [0, 0.05) is 0 Å². The molecular weight excluding hydrogens is 235 g/mol. The fraction of sp³-hybridized carbons (Fsp3) is 0.300. The van der Waals surface area contributed by atoms with Crippen molar-refractivity contribution in [1.29, 1.82) is 0 Å². The molecule has 0 atom stereocenters. The van der Waals surface area contributed by atoms with E-state index in [1.807, 2.05) is 0 Å². The lowest BCUT2D eigenvalue weighted by atomic mass is 10.1. The van der Waals surface area contributed by atoms with E-state index in [4.69, 9.17) is 28.9 Å². The van der Waals surface area contributed by atoms with Gasteiger partial charge in [-0.25, -0.2) is 0 Å². The van der Waals surface area contributed by atoms with Crippen LogP contribution in [0.2, 0.25) is 10.0 Å². The monoisotopic (exact) mass is 246 g/mol. The summed E-state index contributed by atoms with van der Waals surface area (Å²) in [5.74, 6) is -0.313. The molecule has 1 aromatic carbocycles. The van der Waals surface area contributed by atoms with E-state index < -0.39 is 5.54 Å². The third-order valence-corrected chi connectivity index (χ3v) is 2.60. The van der Waals surface area contributed by atoms with Crippen molar-refractivity contribution in [2.24, 2.45) is 5.73 Å². The Labute approximate surface area is 98.5 Å². The molecule has 3 nitrogen and oxygen atoms in total. The molecule has 0 heterocycles. The van der Waals surface area contributed by atoms with Gasteiger partial charge in [0.25, 0.3) is 0 Å². The standard InChI is InChI=1S/C10H12Cl2N2O/c1-10(2,13)9(15)14-7-5-3-4-6(11)8(7)12/h3-5H,13H2,1-2H3,(H,14,15). The van der Waals surface area contributed by atoms with Crippen LogP contribution < -0.4 is 11.1 Å². The smallest absolute Gasteiger partial charge is 0.243 e. The van der Waals surface area contributed by atoms with Crippen molar-refractivity contribution in [3.8, 4) is 0 Å². The summed E-state index contributed by atoms with van der Waals surface area (Å²) in [5, 5.41) is 3.32. The Morgan fingerprint density at radius 2 is 2.00 bits per heavy atom. The number of carbonyl (C=O) groups is 1. The van der Waals surface area contributed by atoms with Crippen LogP contribution >= 0.6 is 23.2 Å². The highest BCUT2D eigenvalue weighted by Crippen LogP contribution is 2.29. The zero-order valence-electron chi connectivity index (χ0n) is 8.47. The Balaban J connectivity index is 2.91. The fourth-order valence-corrected chi connectivity index (χ4v) is 1.23. The summed E-state index contributed by atoms with van der Waals surface area (Å²) in [4.78, 5) is 11.6. The van der Waals surface area contributed by atoms with Crippen molar-refractivity contribution in [2.45, 2.75) is 19.4 Å². The van der Waals surface area contributed by atoms with E-state index in [-0.39, 0.29) is 5.91 Å². The molecule has 15 heavy (non-hydrogen) atoms. The average molecular weight is 247 g/mol. The number of carbonyl (C=O) groups excluding carboxylic acids is 1. The quantitative estimate of drug-likeness (QED) is 0.844. The summed E-state index contributed by atoms with van der Waals surface area (Å²) in [6, 6.07) is 5.01. The van der Waals surface area contributed by atoms with E-state index in [1.165, 1.54) is 0 Å². The van der Waals surface area contributed by atoms with Crippen molar-refractivity contribution < 1.29 is 4.79 Å². The first-order valence-electron chi connectivity index (χ1n) is 4.36. The Hall–Kier alpha value is -0.770. The Kier molecular flexibility index (Phi) is 3.60. The van der Waals surface area contributed by atoms with E-state index in [0.29, 0.717) is 15.7 Å². The molecule has 82 valence electrons. The van der Waals surface area contributed by atoms with Gasteiger partial charge in [0.1, 0.15) is 0 Å². The number of nitrogens with one attached hydrogen (secondary N) is 1. The van der Waals surface area contributed by atoms with Gasteiger partial charge in [-0.15, -0.1) is 0 Å². The summed E-state index contributed by atoms with van der Waals surface area (Å²) in [5.41, 5.74) is 5.14. The van der Waals surface area contributed by atoms with E-state index in [1.54, 1.807) is 32.0 Å². The molecule has 1 rings (SSSR count). The molecule has 0 saturated carbocycles. The van der Waals surface area contributed by atoms with Crippen molar-refractivity contribution >= 4 is 34.8 Å². The molecule has 0 saturated heterocycles. The zero-order valence-corrected chi connectivity index (χ0v) is 9.99. The van der Waals surface area contributed by atoms with Crippen molar-refractivity contribution in [2.75, 3.05) is 5.32 Å². The van der Waals surface area contributed by atoms with Crippen LogP contribution in [0.25, 0.3) is 0 Å². The van der Waals surface area contributed by atoms with Gasteiger partial charge in [0.15, 0.2) is 0 Å². The largest absolute Gasteiger partial charge is 0.323 e. The lowest BCUT2D eigenvalue weighted by Crippen LogP contribution is -2.45. The lowest BCUT2D eigenvalue weighted by Gasteiger charge is -2.18. The number of benzene rings is 1. The third-order valence-electron chi connectivity index (χ3n) is 1.79. The van der Waals surface area contributed by atoms with Crippen LogP contribution in [-0.4, -0.2) is 11.4 Å². The van der Waals surface area contributed by atoms with Crippen LogP contribution in [0, 0.1) is 0 Å². The van der Waals surface area contributed by atoms with Gasteiger partial charge in [-0.05, 0) is 26.0 Å². The summed E-state index contributed by atoms with van der Waals surface area (Å²) < 4.78 is 0. The number of hydrogen-bond acceptors (Lipinski definition) is 2. The van der Waals surface area contributed by atoms with Crippen LogP contribution in [0.4, 0.5) is 5.69 Å². The van der Waals surface area contributed by atoms with Crippen LogP contribution in [0.1, 0.15) is 13.8 Å². The molecule has 0 aliphatic carbocycles. The first kappa shape index (κ1) is 12.3. The van der Waals surface area contributed by atoms with E-state index in [9.17, 15) is 4.79 Å². The maximum absolute atomic E-state index is 11.6. The van der Waals surface area contributed by atoms with E-state index in [2.05, 4.69) is 5.32 Å². The van der Waals surface area contributed by atoms with Gasteiger partial charge in [0.2, 0.25) is 5.91 Å². The molecule has 1 aromatic rings. The van der Waals surface area contributed by atoms with Crippen LogP contribution in [0.3, 0.4) is 0 Å². The molecular formula is C10H12Cl2N2O.